The predicted octanol–water partition coefficient (Wildman–Crippen LogP) is 8.78. The van der Waals surface area contributed by atoms with Gasteiger partial charge in [0.05, 0.1) is 5.41 Å². The zero-order valence-corrected chi connectivity index (χ0v) is 21.2. The molecule has 0 aliphatic rings. The highest BCUT2D eigenvalue weighted by atomic mass is 16.5. The van der Waals surface area contributed by atoms with Crippen molar-refractivity contribution in [2.45, 2.75) is 41.0 Å². The van der Waals surface area contributed by atoms with E-state index in [0.29, 0.717) is 5.75 Å². The number of hydrogen-bond acceptors (Lipinski definition) is 3. The molecule has 0 spiro atoms. The number of esters is 1. The van der Waals surface area contributed by atoms with Gasteiger partial charge in [-0.05, 0) is 93.8 Å². The Morgan fingerprint density at radius 3 is 1.43 bits per heavy atom. The summed E-state index contributed by atoms with van der Waals surface area (Å²) in [6, 6.07) is 33.4. The molecule has 0 fully saturated rings. The lowest BCUT2D eigenvalue weighted by Gasteiger charge is -2.26. The fourth-order valence-corrected chi connectivity index (χ4v) is 3.74. The molecule has 0 atom stereocenters. The highest BCUT2D eigenvalue weighted by Gasteiger charge is 2.27. The fourth-order valence-electron chi connectivity index (χ4n) is 3.74. The Bertz CT molecular complexity index is 1220. The average molecular weight is 464 g/mol. The predicted molar refractivity (Wildman–Crippen MR) is 146 cm³/mol. The van der Waals surface area contributed by atoms with Gasteiger partial charge in [0.2, 0.25) is 0 Å². The van der Waals surface area contributed by atoms with E-state index in [4.69, 9.17) is 4.74 Å². The Kier molecular flexibility index (Phi) is 7.07. The molecule has 0 heterocycles. The maximum Gasteiger partial charge on any atom is 0.316 e. The maximum atomic E-state index is 12.4. The van der Waals surface area contributed by atoms with Crippen molar-refractivity contribution < 1.29 is 9.53 Å². The van der Waals surface area contributed by atoms with Crippen molar-refractivity contribution in [1.82, 2.24) is 0 Å². The topological polar surface area (TPSA) is 29.5 Å². The summed E-state index contributed by atoms with van der Waals surface area (Å²) in [4.78, 5) is 14.6. The molecular weight excluding hydrogens is 430 g/mol. The van der Waals surface area contributed by atoms with Crippen molar-refractivity contribution in [2.75, 3.05) is 4.90 Å². The minimum atomic E-state index is -0.491. The van der Waals surface area contributed by atoms with Crippen LogP contribution < -0.4 is 9.64 Å². The van der Waals surface area contributed by atoms with E-state index in [0.717, 1.165) is 34.6 Å². The molecule has 178 valence electrons. The zero-order chi connectivity index (χ0) is 25.0. The quantitative estimate of drug-likeness (QED) is 0.203. The molecule has 0 amide bonds. The number of nitrogens with zero attached hydrogens (tertiary/aromatic N) is 1. The van der Waals surface area contributed by atoms with E-state index in [9.17, 15) is 4.79 Å². The van der Waals surface area contributed by atoms with Crippen LogP contribution in [0, 0.1) is 19.3 Å². The third-order valence-electron chi connectivity index (χ3n) is 6.54. The van der Waals surface area contributed by atoms with Gasteiger partial charge < -0.3 is 9.64 Å². The number of benzene rings is 4. The van der Waals surface area contributed by atoms with Crippen LogP contribution in [0.4, 0.5) is 17.1 Å². The van der Waals surface area contributed by atoms with Crippen molar-refractivity contribution in [2.24, 2.45) is 5.41 Å². The van der Waals surface area contributed by atoms with Crippen LogP contribution in [0.25, 0.3) is 11.1 Å². The van der Waals surface area contributed by atoms with Gasteiger partial charge in [-0.3, -0.25) is 4.79 Å². The van der Waals surface area contributed by atoms with Gasteiger partial charge in [0, 0.05) is 17.1 Å². The summed E-state index contributed by atoms with van der Waals surface area (Å²) in [5, 5.41) is 0. The molecule has 0 saturated carbocycles. The van der Waals surface area contributed by atoms with Crippen LogP contribution >= 0.6 is 0 Å². The third-order valence-corrected chi connectivity index (χ3v) is 6.54. The van der Waals surface area contributed by atoms with Crippen LogP contribution in [0.15, 0.2) is 97.1 Å². The molecule has 0 unspecified atom stereocenters. The summed E-state index contributed by atoms with van der Waals surface area (Å²) < 4.78 is 5.58. The Labute approximate surface area is 209 Å². The van der Waals surface area contributed by atoms with Crippen LogP contribution in [0.3, 0.4) is 0 Å². The van der Waals surface area contributed by atoms with Crippen LogP contribution in [-0.4, -0.2) is 5.97 Å². The SMILES string of the molecule is CCC(C)(C)C(=O)Oc1ccc(-c2ccc(N(c3ccc(C)cc3)c3ccc(C)cc3)cc2)cc1. The Balaban J connectivity index is 1.59. The average Bonchev–Trinajstić information content (AvgIpc) is 2.87. The first-order valence-electron chi connectivity index (χ1n) is 12.1. The second-order valence-electron chi connectivity index (χ2n) is 9.70. The largest absolute Gasteiger partial charge is 0.426 e. The highest BCUT2D eigenvalue weighted by molar-refractivity contribution is 5.80. The summed E-state index contributed by atoms with van der Waals surface area (Å²) in [5.41, 5.74) is 7.49. The van der Waals surface area contributed by atoms with Gasteiger partial charge in [0.25, 0.3) is 0 Å². The van der Waals surface area contributed by atoms with Crippen LogP contribution in [0.1, 0.15) is 38.3 Å². The molecule has 35 heavy (non-hydrogen) atoms. The van der Waals surface area contributed by atoms with Gasteiger partial charge in [0.15, 0.2) is 0 Å². The zero-order valence-electron chi connectivity index (χ0n) is 21.2. The summed E-state index contributed by atoms with van der Waals surface area (Å²) in [6.07, 6.45) is 0.735. The van der Waals surface area contributed by atoms with Gasteiger partial charge in [-0.2, -0.15) is 0 Å². The van der Waals surface area contributed by atoms with E-state index in [1.807, 2.05) is 45.0 Å². The van der Waals surface area contributed by atoms with Gasteiger partial charge in [-0.25, -0.2) is 0 Å². The number of hydrogen-bond donors (Lipinski definition) is 0. The van der Waals surface area contributed by atoms with Gasteiger partial charge in [-0.1, -0.05) is 66.6 Å². The van der Waals surface area contributed by atoms with Crippen LogP contribution in [-0.2, 0) is 4.79 Å². The normalized spacial score (nSPS) is 11.2. The second kappa shape index (κ2) is 10.2. The number of rotatable bonds is 7. The van der Waals surface area contributed by atoms with Crippen molar-refractivity contribution in [1.29, 1.82) is 0 Å². The molecule has 4 rings (SSSR count). The molecule has 0 aliphatic carbocycles. The lowest BCUT2D eigenvalue weighted by Crippen LogP contribution is -2.28. The molecule has 0 aromatic heterocycles. The number of carbonyl (C=O) groups excluding carboxylic acids is 1. The van der Waals surface area contributed by atoms with Gasteiger partial charge in [-0.15, -0.1) is 0 Å². The highest BCUT2D eigenvalue weighted by Crippen LogP contribution is 2.36. The Morgan fingerprint density at radius 2 is 1.03 bits per heavy atom. The number of carbonyl (C=O) groups is 1. The smallest absolute Gasteiger partial charge is 0.316 e. The van der Waals surface area contributed by atoms with Gasteiger partial charge >= 0.3 is 5.97 Å². The van der Waals surface area contributed by atoms with Crippen molar-refractivity contribution >= 4 is 23.0 Å². The maximum absolute atomic E-state index is 12.4. The van der Waals surface area contributed by atoms with E-state index < -0.39 is 5.41 Å². The molecule has 0 aliphatic heterocycles. The number of aryl methyl sites for hydroxylation is 2. The van der Waals surface area contributed by atoms with E-state index in [2.05, 4.69) is 91.5 Å². The standard InChI is InChI=1S/C32H33NO2/c1-6-32(4,5)31(34)35-30-21-13-26(14-22-30)25-11-19-29(20-12-25)33(27-15-7-23(2)8-16-27)28-17-9-24(3)10-18-28/h7-22H,6H2,1-5H3. The summed E-state index contributed by atoms with van der Waals surface area (Å²) in [5.74, 6) is 0.367. The van der Waals surface area contributed by atoms with E-state index in [1.165, 1.54) is 11.1 Å². The Morgan fingerprint density at radius 1 is 0.657 bits per heavy atom. The first-order valence-corrected chi connectivity index (χ1v) is 12.1. The number of ether oxygens (including phenoxy) is 1. The molecule has 0 saturated heterocycles. The number of anilines is 3. The third kappa shape index (κ3) is 5.63. The van der Waals surface area contributed by atoms with E-state index in [1.54, 1.807) is 0 Å². The molecule has 3 heteroatoms. The summed E-state index contributed by atoms with van der Waals surface area (Å²) in [7, 11) is 0. The molecule has 3 nitrogen and oxygen atoms in total. The first-order chi connectivity index (χ1) is 16.8. The van der Waals surface area contributed by atoms with Crippen molar-refractivity contribution in [3.05, 3.63) is 108 Å². The summed E-state index contributed by atoms with van der Waals surface area (Å²) >= 11 is 0. The van der Waals surface area contributed by atoms with E-state index in [-0.39, 0.29) is 5.97 Å². The second-order valence-corrected chi connectivity index (χ2v) is 9.70. The van der Waals surface area contributed by atoms with Crippen molar-refractivity contribution in [3.63, 3.8) is 0 Å². The van der Waals surface area contributed by atoms with Crippen LogP contribution in [0.2, 0.25) is 0 Å². The summed E-state index contributed by atoms with van der Waals surface area (Å²) in [6.45, 7) is 10.0. The van der Waals surface area contributed by atoms with Gasteiger partial charge in [0.1, 0.15) is 5.75 Å². The Hall–Kier alpha value is -3.85. The lowest BCUT2D eigenvalue weighted by molar-refractivity contribution is -0.144. The minimum absolute atomic E-state index is 0.204. The lowest BCUT2D eigenvalue weighted by atomic mass is 9.91. The molecule has 0 bridgehead atoms. The molecular formula is C32H33NO2. The first kappa shape index (κ1) is 24.3. The van der Waals surface area contributed by atoms with Crippen LogP contribution in [0.5, 0.6) is 5.75 Å². The van der Waals surface area contributed by atoms with Crippen molar-refractivity contribution in [3.8, 4) is 16.9 Å². The molecule has 4 aromatic rings. The fraction of sp³-hybridized carbons (Fsp3) is 0.219. The minimum Gasteiger partial charge on any atom is -0.426 e. The molecule has 0 N–H and O–H groups in total. The molecule has 0 radical (unpaired) electrons. The van der Waals surface area contributed by atoms with E-state index >= 15 is 0 Å². The monoisotopic (exact) mass is 463 g/mol. The molecule has 4 aromatic carbocycles.